The molecule has 1 unspecified atom stereocenters. The SMILES string of the molecule is O=C(O)C1OCCc2c(-c3cccc(Cn4ccnc4)c3)cccc21. The zero-order valence-electron chi connectivity index (χ0n) is 13.6. The molecule has 1 aromatic heterocycles. The maximum Gasteiger partial charge on any atom is 0.337 e. The average molecular weight is 334 g/mol. The molecule has 2 aromatic carbocycles. The van der Waals surface area contributed by atoms with Gasteiger partial charge in [-0.15, -0.1) is 0 Å². The molecule has 0 aliphatic carbocycles. The molecule has 25 heavy (non-hydrogen) atoms. The standard InChI is InChI=1S/C20H18N2O3/c23-20(24)19-18-6-2-5-16(17(18)7-10-25-19)15-4-1-3-14(11-15)12-22-9-8-21-13-22/h1-6,8-9,11,13,19H,7,10,12H2,(H,23,24). The maximum absolute atomic E-state index is 11.5. The summed E-state index contributed by atoms with van der Waals surface area (Å²) < 4.78 is 7.46. The van der Waals surface area contributed by atoms with Crippen molar-refractivity contribution in [3.8, 4) is 11.1 Å². The van der Waals surface area contributed by atoms with Crippen molar-refractivity contribution >= 4 is 5.97 Å². The zero-order valence-corrected chi connectivity index (χ0v) is 13.6. The highest BCUT2D eigenvalue weighted by molar-refractivity contribution is 5.78. The van der Waals surface area contributed by atoms with Crippen LogP contribution in [0.4, 0.5) is 0 Å². The molecule has 5 nitrogen and oxygen atoms in total. The number of hydrogen-bond donors (Lipinski definition) is 1. The predicted molar refractivity (Wildman–Crippen MR) is 93.2 cm³/mol. The first-order valence-electron chi connectivity index (χ1n) is 8.23. The van der Waals surface area contributed by atoms with E-state index in [-0.39, 0.29) is 0 Å². The molecule has 0 spiro atoms. The van der Waals surface area contributed by atoms with Gasteiger partial charge in [0.15, 0.2) is 6.10 Å². The van der Waals surface area contributed by atoms with Crippen LogP contribution < -0.4 is 0 Å². The molecule has 2 heterocycles. The van der Waals surface area contributed by atoms with E-state index in [9.17, 15) is 9.90 Å². The van der Waals surface area contributed by atoms with Crippen molar-refractivity contribution < 1.29 is 14.6 Å². The van der Waals surface area contributed by atoms with E-state index in [1.165, 1.54) is 5.56 Å². The van der Waals surface area contributed by atoms with Crippen molar-refractivity contribution in [1.82, 2.24) is 9.55 Å². The Labute approximate surface area is 145 Å². The largest absolute Gasteiger partial charge is 0.479 e. The van der Waals surface area contributed by atoms with Crippen LogP contribution in [0.1, 0.15) is 22.8 Å². The second-order valence-electron chi connectivity index (χ2n) is 6.15. The second kappa shape index (κ2) is 6.53. The lowest BCUT2D eigenvalue weighted by Crippen LogP contribution is -2.23. The van der Waals surface area contributed by atoms with Crippen molar-refractivity contribution in [2.24, 2.45) is 0 Å². The zero-order chi connectivity index (χ0) is 17.2. The summed E-state index contributed by atoms with van der Waals surface area (Å²) in [5.74, 6) is -0.938. The van der Waals surface area contributed by atoms with Crippen molar-refractivity contribution in [3.05, 3.63) is 77.9 Å². The fourth-order valence-electron chi connectivity index (χ4n) is 3.40. The molecule has 1 atom stereocenters. The van der Waals surface area contributed by atoms with E-state index in [2.05, 4.69) is 29.2 Å². The molecule has 3 aromatic rings. The van der Waals surface area contributed by atoms with Gasteiger partial charge in [-0.25, -0.2) is 9.78 Å². The van der Waals surface area contributed by atoms with E-state index in [0.29, 0.717) is 6.61 Å². The molecule has 0 fully saturated rings. The lowest BCUT2D eigenvalue weighted by Gasteiger charge is -2.25. The summed E-state index contributed by atoms with van der Waals surface area (Å²) in [5.41, 5.74) is 5.19. The molecule has 4 rings (SSSR count). The van der Waals surface area contributed by atoms with E-state index in [0.717, 1.165) is 35.2 Å². The Balaban J connectivity index is 1.73. The lowest BCUT2D eigenvalue weighted by atomic mass is 9.89. The molecule has 1 aliphatic rings. The third-order valence-corrected chi connectivity index (χ3v) is 4.52. The smallest absolute Gasteiger partial charge is 0.337 e. The summed E-state index contributed by atoms with van der Waals surface area (Å²) in [7, 11) is 0. The van der Waals surface area contributed by atoms with E-state index in [4.69, 9.17) is 4.74 Å². The molecule has 126 valence electrons. The Morgan fingerprint density at radius 3 is 2.96 bits per heavy atom. The van der Waals surface area contributed by atoms with Gasteiger partial charge in [0.25, 0.3) is 0 Å². The van der Waals surface area contributed by atoms with Crippen LogP contribution in [0.25, 0.3) is 11.1 Å². The van der Waals surface area contributed by atoms with Crippen molar-refractivity contribution in [3.63, 3.8) is 0 Å². The number of rotatable bonds is 4. The number of nitrogens with zero attached hydrogens (tertiary/aromatic N) is 2. The van der Waals surface area contributed by atoms with Gasteiger partial charge in [0.2, 0.25) is 0 Å². The van der Waals surface area contributed by atoms with Gasteiger partial charge in [-0.05, 0) is 40.3 Å². The Hall–Kier alpha value is -2.92. The highest BCUT2D eigenvalue weighted by atomic mass is 16.5. The highest BCUT2D eigenvalue weighted by Gasteiger charge is 2.28. The van der Waals surface area contributed by atoms with Gasteiger partial charge < -0.3 is 14.4 Å². The van der Waals surface area contributed by atoms with E-state index < -0.39 is 12.1 Å². The normalized spacial score (nSPS) is 16.4. The van der Waals surface area contributed by atoms with Crippen molar-refractivity contribution in [2.75, 3.05) is 6.61 Å². The molecule has 0 radical (unpaired) electrons. The Morgan fingerprint density at radius 1 is 1.28 bits per heavy atom. The van der Waals surface area contributed by atoms with Crippen molar-refractivity contribution in [1.29, 1.82) is 0 Å². The van der Waals surface area contributed by atoms with E-state index in [1.807, 2.05) is 29.0 Å². The van der Waals surface area contributed by atoms with Gasteiger partial charge in [0.05, 0.1) is 12.9 Å². The highest BCUT2D eigenvalue weighted by Crippen LogP contribution is 2.35. The molecular formula is C20H18N2O3. The van der Waals surface area contributed by atoms with Gasteiger partial charge in [0, 0.05) is 18.9 Å². The second-order valence-corrected chi connectivity index (χ2v) is 6.15. The molecular weight excluding hydrogens is 316 g/mol. The number of fused-ring (bicyclic) bond motifs is 1. The molecule has 0 bridgehead atoms. The minimum Gasteiger partial charge on any atom is -0.479 e. The quantitative estimate of drug-likeness (QED) is 0.795. The van der Waals surface area contributed by atoms with Crippen molar-refractivity contribution in [2.45, 2.75) is 19.1 Å². The van der Waals surface area contributed by atoms with Crippen LogP contribution in [-0.4, -0.2) is 27.2 Å². The van der Waals surface area contributed by atoms with Gasteiger partial charge in [-0.3, -0.25) is 0 Å². The van der Waals surface area contributed by atoms with E-state index >= 15 is 0 Å². The summed E-state index contributed by atoms with van der Waals surface area (Å²) in [6.45, 7) is 1.18. The lowest BCUT2D eigenvalue weighted by molar-refractivity contribution is -0.151. The van der Waals surface area contributed by atoms with Crippen LogP contribution in [-0.2, 0) is 22.5 Å². The van der Waals surface area contributed by atoms with Crippen LogP contribution in [0.5, 0.6) is 0 Å². The number of hydrogen-bond acceptors (Lipinski definition) is 3. The van der Waals surface area contributed by atoms with Crippen LogP contribution in [0.3, 0.4) is 0 Å². The summed E-state index contributed by atoms with van der Waals surface area (Å²) >= 11 is 0. The topological polar surface area (TPSA) is 64.3 Å². The Kier molecular flexibility index (Phi) is 4.07. The van der Waals surface area contributed by atoms with Gasteiger partial charge >= 0.3 is 5.97 Å². The molecule has 5 heteroatoms. The van der Waals surface area contributed by atoms with Crippen LogP contribution in [0, 0.1) is 0 Å². The fourth-order valence-corrected chi connectivity index (χ4v) is 3.40. The first kappa shape index (κ1) is 15.6. The Morgan fingerprint density at radius 2 is 2.16 bits per heavy atom. The van der Waals surface area contributed by atoms with Gasteiger partial charge in [-0.1, -0.05) is 36.4 Å². The summed E-state index contributed by atoms with van der Waals surface area (Å²) in [6, 6.07) is 14.2. The number of carboxylic acids is 1. The third kappa shape index (κ3) is 3.06. The first-order valence-corrected chi connectivity index (χ1v) is 8.23. The van der Waals surface area contributed by atoms with E-state index in [1.54, 1.807) is 12.5 Å². The summed E-state index contributed by atoms with van der Waals surface area (Å²) in [4.78, 5) is 15.5. The molecule has 0 saturated carbocycles. The molecule has 0 amide bonds. The van der Waals surface area contributed by atoms with Crippen LogP contribution in [0.15, 0.2) is 61.2 Å². The summed E-state index contributed by atoms with van der Waals surface area (Å²) in [6.07, 6.45) is 5.35. The molecule has 1 N–H and O–H groups in total. The maximum atomic E-state index is 11.5. The van der Waals surface area contributed by atoms with Gasteiger partial charge in [0.1, 0.15) is 0 Å². The third-order valence-electron chi connectivity index (χ3n) is 4.52. The number of carbonyl (C=O) groups is 1. The fraction of sp³-hybridized carbons (Fsp3) is 0.200. The predicted octanol–water partition coefficient (Wildman–Crippen LogP) is 3.30. The number of imidazole rings is 1. The summed E-state index contributed by atoms with van der Waals surface area (Å²) in [5, 5.41) is 9.40. The Bertz CT molecular complexity index is 903. The monoisotopic (exact) mass is 334 g/mol. The van der Waals surface area contributed by atoms with Crippen LogP contribution >= 0.6 is 0 Å². The van der Waals surface area contributed by atoms with Crippen LogP contribution in [0.2, 0.25) is 0 Å². The van der Waals surface area contributed by atoms with Gasteiger partial charge in [-0.2, -0.15) is 0 Å². The first-order chi connectivity index (χ1) is 12.2. The molecule has 1 aliphatic heterocycles. The number of ether oxygens (including phenoxy) is 1. The number of aliphatic carboxylic acids is 1. The number of aromatic nitrogens is 2. The number of carboxylic acid groups (broad SMARTS) is 1. The molecule has 0 saturated heterocycles. The average Bonchev–Trinajstić information content (AvgIpc) is 3.14. The minimum atomic E-state index is -0.938. The number of benzene rings is 2. The minimum absolute atomic E-state index is 0.426.